The van der Waals surface area contributed by atoms with E-state index < -0.39 is 18.0 Å². The number of halogens is 3. The van der Waals surface area contributed by atoms with Crippen LogP contribution < -0.4 is 4.74 Å². The third-order valence-corrected chi connectivity index (χ3v) is 5.58. The molecule has 0 aromatic heterocycles. The highest BCUT2D eigenvalue weighted by Crippen LogP contribution is 2.37. The van der Waals surface area contributed by atoms with E-state index in [9.17, 15) is 9.50 Å². The van der Waals surface area contributed by atoms with Gasteiger partial charge in [0.15, 0.2) is 0 Å². The van der Waals surface area contributed by atoms with Crippen LogP contribution in [0.15, 0.2) is 36.4 Å². The molecule has 0 unspecified atom stereocenters. The second-order valence-electron chi connectivity index (χ2n) is 6.50. The van der Waals surface area contributed by atoms with E-state index in [2.05, 4.69) is 4.90 Å². The summed E-state index contributed by atoms with van der Waals surface area (Å²) >= 11 is 12.0. The summed E-state index contributed by atoms with van der Waals surface area (Å²) in [6, 6.07) is 10.0. The molecule has 2 aliphatic rings. The van der Waals surface area contributed by atoms with Crippen molar-refractivity contribution < 1.29 is 19.0 Å². The predicted octanol–water partition coefficient (Wildman–Crippen LogP) is 4.00. The summed E-state index contributed by atoms with van der Waals surface area (Å²) in [7, 11) is 0. The predicted molar refractivity (Wildman–Crippen MR) is 97.4 cm³/mol. The average Bonchev–Trinajstić information content (AvgIpc) is 2.65. The lowest BCUT2D eigenvalue weighted by Crippen LogP contribution is -2.51. The molecule has 0 aliphatic carbocycles. The Kier molecular flexibility index (Phi) is 5.08. The van der Waals surface area contributed by atoms with Gasteiger partial charge in [-0.1, -0.05) is 41.4 Å². The number of rotatable bonds is 2. The van der Waals surface area contributed by atoms with Gasteiger partial charge in [0.05, 0.1) is 23.8 Å². The first-order chi connectivity index (χ1) is 12.5. The van der Waals surface area contributed by atoms with Gasteiger partial charge in [0, 0.05) is 29.2 Å². The number of aliphatic hydroxyl groups is 1. The molecule has 0 saturated carbocycles. The van der Waals surface area contributed by atoms with E-state index in [0.29, 0.717) is 42.6 Å². The molecule has 7 heteroatoms. The minimum Gasteiger partial charge on any atom is -0.491 e. The van der Waals surface area contributed by atoms with Crippen molar-refractivity contribution in [2.45, 2.75) is 18.2 Å². The number of benzene rings is 2. The zero-order chi connectivity index (χ0) is 18.3. The summed E-state index contributed by atoms with van der Waals surface area (Å²) in [5.41, 5.74) is 1.34. The van der Waals surface area contributed by atoms with E-state index in [-0.39, 0.29) is 11.1 Å². The van der Waals surface area contributed by atoms with E-state index in [0.717, 1.165) is 5.56 Å². The molecule has 0 radical (unpaired) electrons. The van der Waals surface area contributed by atoms with Crippen molar-refractivity contribution in [2.75, 3.05) is 26.3 Å². The van der Waals surface area contributed by atoms with Crippen LogP contribution in [-0.2, 0) is 4.74 Å². The molecule has 2 heterocycles. The molecule has 1 N–H and O–H groups in total. The number of hydrogen-bond donors (Lipinski definition) is 1. The van der Waals surface area contributed by atoms with Crippen molar-refractivity contribution in [3.63, 3.8) is 0 Å². The molecule has 2 aromatic rings. The monoisotopic (exact) mass is 397 g/mol. The Morgan fingerprint density at radius 1 is 1.12 bits per heavy atom. The lowest BCUT2D eigenvalue weighted by atomic mass is 9.96. The Morgan fingerprint density at radius 2 is 1.92 bits per heavy atom. The standard InChI is InChI=1S/C19H18Cl2FNO3/c20-13-8-14(21)15(22)7-12(13)18-9-23(5-6-25-18)16-10-26-17-4-2-1-3-11(17)19(16)24/h1-4,7-8,16,18-19,24H,5-6,9-10H2/t16-,18+,19-/m0/s1. The SMILES string of the molecule is O[C@H]1c2ccccc2OC[C@@H]1N1CCO[C@@H](c2cc(F)c(Cl)cc2Cl)C1. The largest absolute Gasteiger partial charge is 0.491 e. The third-order valence-electron chi connectivity index (χ3n) is 4.97. The molecule has 26 heavy (non-hydrogen) atoms. The summed E-state index contributed by atoms with van der Waals surface area (Å²) < 4.78 is 25.5. The van der Waals surface area contributed by atoms with E-state index >= 15 is 0 Å². The first kappa shape index (κ1) is 18.0. The van der Waals surface area contributed by atoms with Gasteiger partial charge in [0.1, 0.15) is 24.3 Å². The van der Waals surface area contributed by atoms with Crippen LogP contribution in [0.3, 0.4) is 0 Å². The Hall–Kier alpha value is -1.37. The number of morpholine rings is 1. The van der Waals surface area contributed by atoms with Crippen LogP contribution in [0.25, 0.3) is 0 Å². The Morgan fingerprint density at radius 3 is 2.77 bits per heavy atom. The molecular weight excluding hydrogens is 380 g/mol. The maximum Gasteiger partial charge on any atom is 0.142 e. The van der Waals surface area contributed by atoms with Crippen molar-refractivity contribution >= 4 is 23.2 Å². The van der Waals surface area contributed by atoms with Crippen molar-refractivity contribution in [3.05, 3.63) is 63.4 Å². The topological polar surface area (TPSA) is 41.9 Å². The van der Waals surface area contributed by atoms with Gasteiger partial charge in [-0.05, 0) is 18.2 Å². The highest BCUT2D eigenvalue weighted by molar-refractivity contribution is 6.35. The molecule has 4 nitrogen and oxygen atoms in total. The van der Waals surface area contributed by atoms with Crippen molar-refractivity contribution in [1.82, 2.24) is 4.90 Å². The number of para-hydroxylation sites is 1. The van der Waals surface area contributed by atoms with E-state index in [1.807, 2.05) is 24.3 Å². The molecule has 4 rings (SSSR count). The first-order valence-electron chi connectivity index (χ1n) is 8.44. The van der Waals surface area contributed by atoms with Crippen LogP contribution in [-0.4, -0.2) is 42.4 Å². The fourth-order valence-corrected chi connectivity index (χ4v) is 4.08. The smallest absolute Gasteiger partial charge is 0.142 e. The van der Waals surface area contributed by atoms with Crippen LogP contribution in [0, 0.1) is 5.82 Å². The molecule has 0 spiro atoms. The highest BCUT2D eigenvalue weighted by Gasteiger charge is 2.37. The van der Waals surface area contributed by atoms with Crippen LogP contribution >= 0.6 is 23.2 Å². The van der Waals surface area contributed by atoms with Crippen LogP contribution in [0.1, 0.15) is 23.3 Å². The Labute approximate surface area is 161 Å². The summed E-state index contributed by atoms with van der Waals surface area (Å²) in [4.78, 5) is 2.11. The number of aliphatic hydroxyl groups excluding tert-OH is 1. The van der Waals surface area contributed by atoms with Gasteiger partial charge in [0.25, 0.3) is 0 Å². The maximum atomic E-state index is 13.9. The molecule has 0 bridgehead atoms. The molecule has 138 valence electrons. The van der Waals surface area contributed by atoms with E-state index in [1.54, 1.807) is 0 Å². The summed E-state index contributed by atoms with van der Waals surface area (Å²) in [5.74, 6) is 0.186. The number of hydrogen-bond acceptors (Lipinski definition) is 4. The maximum absolute atomic E-state index is 13.9. The molecule has 2 aromatic carbocycles. The van der Waals surface area contributed by atoms with Crippen LogP contribution in [0.2, 0.25) is 10.0 Å². The van der Waals surface area contributed by atoms with Crippen LogP contribution in [0.4, 0.5) is 4.39 Å². The molecular formula is C19H18Cl2FNO3. The normalized spacial score (nSPS) is 26.2. The van der Waals surface area contributed by atoms with Gasteiger partial charge in [-0.15, -0.1) is 0 Å². The first-order valence-corrected chi connectivity index (χ1v) is 9.20. The Bertz CT molecular complexity index is 819. The van der Waals surface area contributed by atoms with Gasteiger partial charge < -0.3 is 14.6 Å². The number of ether oxygens (including phenoxy) is 2. The third kappa shape index (κ3) is 3.30. The van der Waals surface area contributed by atoms with Crippen molar-refractivity contribution in [1.29, 1.82) is 0 Å². The fourth-order valence-electron chi connectivity index (χ4n) is 3.58. The van der Waals surface area contributed by atoms with E-state index in [1.165, 1.54) is 12.1 Å². The lowest BCUT2D eigenvalue weighted by molar-refractivity contribution is -0.0810. The number of nitrogens with zero attached hydrogens (tertiary/aromatic N) is 1. The summed E-state index contributed by atoms with van der Waals surface area (Å²) in [5, 5.41) is 11.2. The zero-order valence-electron chi connectivity index (χ0n) is 13.9. The van der Waals surface area contributed by atoms with Crippen molar-refractivity contribution in [3.8, 4) is 5.75 Å². The summed E-state index contributed by atoms with van der Waals surface area (Å²) in [6.07, 6.45) is -1.05. The highest BCUT2D eigenvalue weighted by atomic mass is 35.5. The van der Waals surface area contributed by atoms with Gasteiger partial charge in [-0.3, -0.25) is 4.90 Å². The van der Waals surface area contributed by atoms with Gasteiger partial charge in [0.2, 0.25) is 0 Å². The van der Waals surface area contributed by atoms with Gasteiger partial charge in [-0.25, -0.2) is 4.39 Å². The van der Waals surface area contributed by atoms with Crippen molar-refractivity contribution in [2.24, 2.45) is 0 Å². The van der Waals surface area contributed by atoms with E-state index in [4.69, 9.17) is 32.7 Å². The molecule has 1 saturated heterocycles. The van der Waals surface area contributed by atoms with Gasteiger partial charge in [-0.2, -0.15) is 0 Å². The molecule has 1 fully saturated rings. The molecule has 2 aliphatic heterocycles. The second kappa shape index (κ2) is 7.33. The number of fused-ring (bicyclic) bond motifs is 1. The lowest BCUT2D eigenvalue weighted by Gasteiger charge is -2.42. The van der Waals surface area contributed by atoms with Gasteiger partial charge >= 0.3 is 0 Å². The summed E-state index contributed by atoms with van der Waals surface area (Å²) in [6.45, 7) is 1.97. The minimum atomic E-state index is -0.656. The Balaban J connectivity index is 1.55. The minimum absolute atomic E-state index is 0.0147. The van der Waals surface area contributed by atoms with Crippen LogP contribution in [0.5, 0.6) is 5.75 Å². The fraction of sp³-hybridized carbons (Fsp3) is 0.368. The zero-order valence-corrected chi connectivity index (χ0v) is 15.4. The second-order valence-corrected chi connectivity index (χ2v) is 7.32. The molecule has 0 amide bonds. The average molecular weight is 398 g/mol. The molecule has 3 atom stereocenters. The quantitative estimate of drug-likeness (QED) is 0.777.